The molecule has 2 aromatic carbocycles. The van der Waals surface area contributed by atoms with E-state index >= 15 is 0 Å². The quantitative estimate of drug-likeness (QED) is 0.208. The van der Waals surface area contributed by atoms with Crippen molar-refractivity contribution in [2.75, 3.05) is 11.9 Å². The van der Waals surface area contributed by atoms with Crippen LogP contribution in [0.1, 0.15) is 23.7 Å². The molecule has 184 valence electrons. The van der Waals surface area contributed by atoms with Crippen LogP contribution in [-0.4, -0.2) is 40.1 Å². The first-order valence-corrected chi connectivity index (χ1v) is 11.6. The van der Waals surface area contributed by atoms with E-state index in [0.717, 1.165) is 11.3 Å². The Morgan fingerprint density at radius 3 is 2.33 bits per heavy atom. The van der Waals surface area contributed by atoms with Crippen LogP contribution in [0, 0.1) is 40.7 Å². The number of esters is 1. The van der Waals surface area contributed by atoms with Crippen LogP contribution < -0.4 is 5.32 Å². The van der Waals surface area contributed by atoms with E-state index in [-0.39, 0.29) is 23.2 Å². The number of carbonyl (C=O) groups is 4. The molecular formula is C26H23N3O7. The standard InChI is InChI=1S/C26H23N3O7/c1-14-7-10-18(19(11-14)29(34)35)27-24(31)23(15-5-3-2-4-6-15)36-20(30)13-28-25(32)21-16-8-9-17(12-16)22(21)26(28)33/h2-11,16-17,21-23H,12-13H2,1H3,(H,27,31). The van der Waals surface area contributed by atoms with E-state index in [1.807, 2.05) is 12.2 Å². The van der Waals surface area contributed by atoms with E-state index in [4.69, 9.17) is 4.74 Å². The summed E-state index contributed by atoms with van der Waals surface area (Å²) in [5.74, 6) is -3.41. The van der Waals surface area contributed by atoms with Gasteiger partial charge in [0.15, 0.2) is 0 Å². The van der Waals surface area contributed by atoms with Crippen LogP contribution in [0.3, 0.4) is 0 Å². The molecule has 1 heterocycles. The van der Waals surface area contributed by atoms with Crippen LogP contribution in [0.4, 0.5) is 11.4 Å². The van der Waals surface area contributed by atoms with Crippen molar-refractivity contribution < 1.29 is 28.8 Å². The third-order valence-electron chi connectivity index (χ3n) is 7.05. The highest BCUT2D eigenvalue weighted by atomic mass is 16.6. The number of amides is 3. The maximum absolute atomic E-state index is 13.2. The highest BCUT2D eigenvalue weighted by molar-refractivity contribution is 6.08. The number of fused-ring (bicyclic) bond motifs is 5. The molecule has 2 fully saturated rings. The molecule has 5 unspecified atom stereocenters. The minimum Gasteiger partial charge on any atom is -0.446 e. The summed E-state index contributed by atoms with van der Waals surface area (Å²) in [6, 6.07) is 12.5. The Labute approximate surface area is 206 Å². The second-order valence-electron chi connectivity index (χ2n) is 9.31. The van der Waals surface area contributed by atoms with E-state index in [0.29, 0.717) is 11.1 Å². The number of nitro benzene ring substituents is 1. The number of nitro groups is 1. The first-order chi connectivity index (χ1) is 17.2. The molecule has 10 heteroatoms. The number of ether oxygens (including phenoxy) is 1. The lowest BCUT2D eigenvalue weighted by Crippen LogP contribution is -2.39. The number of anilines is 1. The monoisotopic (exact) mass is 489 g/mol. The summed E-state index contributed by atoms with van der Waals surface area (Å²) in [5.41, 5.74) is 0.619. The van der Waals surface area contributed by atoms with Crippen LogP contribution in [0.15, 0.2) is 60.7 Å². The number of benzene rings is 2. The average Bonchev–Trinajstić information content (AvgIpc) is 3.54. The number of rotatable bonds is 7. The predicted molar refractivity (Wildman–Crippen MR) is 126 cm³/mol. The Hall–Kier alpha value is -4.34. The maximum atomic E-state index is 13.2. The van der Waals surface area contributed by atoms with Crippen molar-refractivity contribution in [3.8, 4) is 0 Å². The Kier molecular flexibility index (Phi) is 5.87. The van der Waals surface area contributed by atoms with Crippen LogP contribution in [0.25, 0.3) is 0 Å². The van der Waals surface area contributed by atoms with E-state index in [1.165, 1.54) is 12.1 Å². The van der Waals surface area contributed by atoms with Gasteiger partial charge in [-0.05, 0) is 36.8 Å². The molecule has 2 aliphatic carbocycles. The van der Waals surface area contributed by atoms with Crippen molar-refractivity contribution in [2.24, 2.45) is 23.7 Å². The Bertz CT molecular complexity index is 1280. The van der Waals surface area contributed by atoms with E-state index in [9.17, 15) is 29.3 Å². The van der Waals surface area contributed by atoms with Gasteiger partial charge in [-0.15, -0.1) is 0 Å². The van der Waals surface area contributed by atoms with Crippen molar-refractivity contribution in [1.29, 1.82) is 0 Å². The number of hydrogen-bond donors (Lipinski definition) is 1. The zero-order chi connectivity index (χ0) is 25.6. The average molecular weight is 489 g/mol. The summed E-state index contributed by atoms with van der Waals surface area (Å²) in [5, 5.41) is 13.9. The largest absolute Gasteiger partial charge is 0.446 e. The molecule has 36 heavy (non-hydrogen) atoms. The number of hydrogen-bond acceptors (Lipinski definition) is 7. The number of allylic oxidation sites excluding steroid dienone is 2. The summed E-state index contributed by atoms with van der Waals surface area (Å²) in [4.78, 5) is 63.6. The highest BCUT2D eigenvalue weighted by Crippen LogP contribution is 2.52. The van der Waals surface area contributed by atoms with Gasteiger partial charge in [-0.2, -0.15) is 0 Å². The summed E-state index contributed by atoms with van der Waals surface area (Å²) in [6.45, 7) is 1.08. The lowest BCUT2D eigenvalue weighted by Gasteiger charge is -2.21. The molecule has 10 nitrogen and oxygen atoms in total. The van der Waals surface area contributed by atoms with Gasteiger partial charge in [0.05, 0.1) is 16.8 Å². The van der Waals surface area contributed by atoms with E-state index in [2.05, 4.69) is 5.32 Å². The third kappa shape index (κ3) is 4.04. The number of likely N-dealkylation sites (tertiary alicyclic amines) is 1. The number of nitrogens with one attached hydrogen (secondary N) is 1. The molecule has 5 rings (SSSR count). The maximum Gasteiger partial charge on any atom is 0.327 e. The van der Waals surface area contributed by atoms with Gasteiger partial charge in [0.1, 0.15) is 12.2 Å². The van der Waals surface area contributed by atoms with Crippen molar-refractivity contribution in [2.45, 2.75) is 19.4 Å². The topological polar surface area (TPSA) is 136 Å². The first kappa shape index (κ1) is 23.4. The molecule has 0 radical (unpaired) electrons. The molecule has 0 aromatic heterocycles. The second kappa shape index (κ2) is 9.03. The summed E-state index contributed by atoms with van der Waals surface area (Å²) >= 11 is 0. The molecule has 5 atom stereocenters. The minimum atomic E-state index is -1.45. The Morgan fingerprint density at radius 2 is 1.72 bits per heavy atom. The SMILES string of the molecule is Cc1ccc(NC(=O)C(OC(=O)CN2C(=O)C3C4C=CC(C4)C3C2=O)c2ccccc2)c([N+](=O)[O-])c1. The fourth-order valence-corrected chi connectivity index (χ4v) is 5.42. The first-order valence-electron chi connectivity index (χ1n) is 11.6. The number of imide groups is 1. The van der Waals surface area contributed by atoms with Crippen LogP contribution >= 0.6 is 0 Å². The van der Waals surface area contributed by atoms with Gasteiger partial charge in [0.25, 0.3) is 11.6 Å². The van der Waals surface area contributed by atoms with Crippen LogP contribution in [0.5, 0.6) is 0 Å². The second-order valence-corrected chi connectivity index (χ2v) is 9.31. The molecule has 3 aliphatic rings. The molecule has 0 spiro atoms. The van der Waals surface area contributed by atoms with E-state index < -0.39 is 53.1 Å². The predicted octanol–water partition coefficient (Wildman–Crippen LogP) is 2.93. The van der Waals surface area contributed by atoms with Gasteiger partial charge in [-0.3, -0.25) is 34.2 Å². The number of carbonyl (C=O) groups excluding carboxylic acids is 4. The lowest BCUT2D eigenvalue weighted by molar-refractivity contribution is -0.384. The fraction of sp³-hybridized carbons (Fsp3) is 0.308. The number of nitrogens with zero attached hydrogens (tertiary/aromatic N) is 2. The minimum absolute atomic E-state index is 0.00520. The Balaban J connectivity index is 1.34. The summed E-state index contributed by atoms with van der Waals surface area (Å²) < 4.78 is 5.46. The van der Waals surface area contributed by atoms with Crippen molar-refractivity contribution >= 4 is 35.1 Å². The van der Waals surface area contributed by atoms with Crippen LogP contribution in [-0.2, 0) is 23.9 Å². The van der Waals surface area contributed by atoms with E-state index in [1.54, 1.807) is 43.3 Å². The summed E-state index contributed by atoms with van der Waals surface area (Å²) in [7, 11) is 0. The van der Waals surface area contributed by atoms with Crippen molar-refractivity contribution in [3.05, 3.63) is 81.9 Å². The van der Waals surface area contributed by atoms with Gasteiger partial charge >= 0.3 is 5.97 Å². The third-order valence-corrected chi connectivity index (χ3v) is 7.05. The molecule has 2 aromatic rings. The zero-order valence-corrected chi connectivity index (χ0v) is 19.3. The smallest absolute Gasteiger partial charge is 0.327 e. The van der Waals surface area contributed by atoms with Gasteiger partial charge < -0.3 is 10.1 Å². The zero-order valence-electron chi connectivity index (χ0n) is 19.3. The summed E-state index contributed by atoms with van der Waals surface area (Å²) in [6.07, 6.45) is 3.23. The molecule has 1 saturated heterocycles. The van der Waals surface area contributed by atoms with Gasteiger partial charge in [0, 0.05) is 11.6 Å². The van der Waals surface area contributed by atoms with Gasteiger partial charge in [-0.25, -0.2) is 0 Å². The fourth-order valence-electron chi connectivity index (χ4n) is 5.42. The number of aryl methyl sites for hydroxylation is 1. The van der Waals surface area contributed by atoms with Crippen LogP contribution in [0.2, 0.25) is 0 Å². The normalized spacial score (nSPS) is 24.5. The van der Waals surface area contributed by atoms with Crippen molar-refractivity contribution in [1.82, 2.24) is 4.90 Å². The molecule has 1 aliphatic heterocycles. The van der Waals surface area contributed by atoms with Crippen molar-refractivity contribution in [3.63, 3.8) is 0 Å². The molecule has 2 bridgehead atoms. The lowest BCUT2D eigenvalue weighted by atomic mass is 9.85. The molecule has 3 amide bonds. The Morgan fingerprint density at radius 1 is 1.08 bits per heavy atom. The van der Waals surface area contributed by atoms with Gasteiger partial charge in [-0.1, -0.05) is 48.6 Å². The van der Waals surface area contributed by atoms with Gasteiger partial charge in [0.2, 0.25) is 17.9 Å². The molecule has 1 N–H and O–H groups in total. The molecular weight excluding hydrogens is 466 g/mol. The highest BCUT2D eigenvalue weighted by Gasteiger charge is 2.59. The molecule has 1 saturated carbocycles.